The number of thiazole rings is 1. The van der Waals surface area contributed by atoms with Crippen LogP contribution in [0.1, 0.15) is 35.8 Å². The molecule has 0 saturated heterocycles. The van der Waals surface area contributed by atoms with E-state index in [9.17, 15) is 0 Å². The molecule has 0 aliphatic heterocycles. The second-order valence-corrected chi connectivity index (χ2v) is 5.83. The SMILES string of the molecule is CCC(c1nccs1)n1c(CCl)nc2ccc(C#N)cc21. The van der Waals surface area contributed by atoms with Gasteiger partial charge in [-0.3, -0.25) is 0 Å². The quantitative estimate of drug-likeness (QED) is 0.681. The topological polar surface area (TPSA) is 54.5 Å². The number of imidazole rings is 1. The molecule has 3 rings (SSSR count). The van der Waals surface area contributed by atoms with Crippen LogP contribution < -0.4 is 0 Å². The number of nitriles is 1. The van der Waals surface area contributed by atoms with Crippen molar-refractivity contribution >= 4 is 34.0 Å². The first-order chi connectivity index (χ1) is 10.3. The molecule has 0 aliphatic carbocycles. The van der Waals surface area contributed by atoms with E-state index < -0.39 is 0 Å². The maximum atomic E-state index is 9.12. The third-order valence-electron chi connectivity index (χ3n) is 3.45. The first-order valence-corrected chi connectivity index (χ1v) is 8.06. The monoisotopic (exact) mass is 316 g/mol. The largest absolute Gasteiger partial charge is 0.317 e. The number of aromatic nitrogens is 3. The lowest BCUT2D eigenvalue weighted by atomic mass is 10.2. The number of nitrogens with zero attached hydrogens (tertiary/aromatic N) is 4. The number of hydrogen-bond acceptors (Lipinski definition) is 4. The average molecular weight is 317 g/mol. The normalized spacial score (nSPS) is 12.4. The van der Waals surface area contributed by atoms with Crippen molar-refractivity contribution in [2.75, 3.05) is 0 Å². The van der Waals surface area contributed by atoms with Crippen molar-refractivity contribution in [3.8, 4) is 6.07 Å². The molecular formula is C15H13ClN4S. The van der Waals surface area contributed by atoms with Gasteiger partial charge >= 0.3 is 0 Å². The number of alkyl halides is 1. The molecule has 21 heavy (non-hydrogen) atoms. The van der Waals surface area contributed by atoms with Gasteiger partial charge in [-0.2, -0.15) is 5.26 Å². The molecule has 0 aliphatic rings. The van der Waals surface area contributed by atoms with Gasteiger partial charge in [0.25, 0.3) is 0 Å². The number of benzene rings is 1. The van der Waals surface area contributed by atoms with Crippen LogP contribution in [0, 0.1) is 11.3 Å². The molecule has 0 radical (unpaired) electrons. The van der Waals surface area contributed by atoms with E-state index in [0.29, 0.717) is 11.4 Å². The van der Waals surface area contributed by atoms with Gasteiger partial charge in [-0.15, -0.1) is 22.9 Å². The molecule has 0 amide bonds. The highest BCUT2D eigenvalue weighted by Gasteiger charge is 2.21. The Bertz CT molecular complexity index is 801. The fourth-order valence-electron chi connectivity index (χ4n) is 2.52. The Labute approximate surface area is 131 Å². The van der Waals surface area contributed by atoms with Crippen molar-refractivity contribution in [3.05, 3.63) is 46.2 Å². The molecule has 6 heteroatoms. The van der Waals surface area contributed by atoms with Crippen LogP contribution in [0.2, 0.25) is 0 Å². The molecule has 2 aromatic heterocycles. The van der Waals surface area contributed by atoms with Gasteiger partial charge in [-0.25, -0.2) is 9.97 Å². The lowest BCUT2D eigenvalue weighted by Crippen LogP contribution is -2.12. The predicted molar refractivity (Wildman–Crippen MR) is 84.5 cm³/mol. The smallest absolute Gasteiger partial charge is 0.125 e. The van der Waals surface area contributed by atoms with Crippen LogP contribution in [0.3, 0.4) is 0 Å². The van der Waals surface area contributed by atoms with Gasteiger partial charge < -0.3 is 4.57 Å². The molecular weight excluding hydrogens is 304 g/mol. The third-order valence-corrected chi connectivity index (χ3v) is 4.56. The molecule has 4 nitrogen and oxygen atoms in total. The van der Waals surface area contributed by atoms with E-state index in [4.69, 9.17) is 16.9 Å². The van der Waals surface area contributed by atoms with Crippen molar-refractivity contribution < 1.29 is 0 Å². The van der Waals surface area contributed by atoms with Crippen molar-refractivity contribution in [2.24, 2.45) is 0 Å². The van der Waals surface area contributed by atoms with E-state index in [1.54, 1.807) is 17.4 Å². The lowest BCUT2D eigenvalue weighted by molar-refractivity contribution is 0.562. The predicted octanol–water partition coefficient (Wildman–Crippen LogP) is 4.10. The number of hydrogen-bond donors (Lipinski definition) is 0. The van der Waals surface area contributed by atoms with Crippen LogP contribution in [-0.4, -0.2) is 14.5 Å². The zero-order valence-electron chi connectivity index (χ0n) is 11.5. The summed E-state index contributed by atoms with van der Waals surface area (Å²) >= 11 is 7.70. The highest BCUT2D eigenvalue weighted by Crippen LogP contribution is 2.30. The Hall–Kier alpha value is -1.90. The van der Waals surface area contributed by atoms with E-state index in [0.717, 1.165) is 28.3 Å². The average Bonchev–Trinajstić information content (AvgIpc) is 3.16. The summed E-state index contributed by atoms with van der Waals surface area (Å²) in [5.74, 6) is 1.14. The van der Waals surface area contributed by atoms with Gasteiger partial charge in [0.05, 0.1) is 34.6 Å². The highest BCUT2D eigenvalue weighted by atomic mass is 35.5. The van der Waals surface area contributed by atoms with Crippen molar-refractivity contribution in [3.63, 3.8) is 0 Å². The summed E-state index contributed by atoms with van der Waals surface area (Å²) < 4.78 is 2.11. The van der Waals surface area contributed by atoms with Crippen LogP contribution in [0.25, 0.3) is 11.0 Å². The molecule has 0 fully saturated rings. The molecule has 3 aromatic rings. The third kappa shape index (κ3) is 2.41. The fourth-order valence-corrected chi connectivity index (χ4v) is 3.52. The summed E-state index contributed by atoms with van der Waals surface area (Å²) in [6.07, 6.45) is 2.70. The van der Waals surface area contributed by atoms with Gasteiger partial charge in [0.2, 0.25) is 0 Å². The maximum absolute atomic E-state index is 9.12. The molecule has 0 bridgehead atoms. The maximum Gasteiger partial charge on any atom is 0.125 e. The molecule has 0 N–H and O–H groups in total. The number of rotatable bonds is 4. The molecule has 0 saturated carbocycles. The van der Waals surface area contributed by atoms with Gasteiger partial charge in [-0.1, -0.05) is 6.92 Å². The van der Waals surface area contributed by atoms with E-state index in [1.165, 1.54) is 0 Å². The van der Waals surface area contributed by atoms with Crippen molar-refractivity contribution in [2.45, 2.75) is 25.3 Å². The molecule has 0 spiro atoms. The minimum atomic E-state index is 0.0951. The van der Waals surface area contributed by atoms with E-state index in [1.807, 2.05) is 23.7 Å². The Morgan fingerprint density at radius 1 is 1.48 bits per heavy atom. The zero-order chi connectivity index (χ0) is 14.8. The molecule has 1 unspecified atom stereocenters. The Kier molecular flexibility index (Phi) is 3.91. The van der Waals surface area contributed by atoms with E-state index >= 15 is 0 Å². The summed E-state index contributed by atoms with van der Waals surface area (Å²) in [6, 6.07) is 7.79. The first kappa shape index (κ1) is 14.1. The van der Waals surface area contributed by atoms with Crippen LogP contribution in [0.15, 0.2) is 29.8 Å². The summed E-state index contributed by atoms with van der Waals surface area (Å²) in [6.45, 7) is 2.12. The minimum Gasteiger partial charge on any atom is -0.317 e. The standard InChI is InChI=1S/C15H13ClN4S/c1-2-12(15-18-5-6-21-15)20-13-7-10(9-17)3-4-11(13)19-14(20)8-16/h3-7,12H,2,8H2,1H3. The number of fused-ring (bicyclic) bond motifs is 1. The summed E-state index contributed by atoms with van der Waals surface area (Å²) in [5, 5.41) is 12.1. The Balaban J connectivity index is 2.26. The van der Waals surface area contributed by atoms with Gasteiger partial charge in [0.1, 0.15) is 10.8 Å². The first-order valence-electron chi connectivity index (χ1n) is 6.64. The molecule has 2 heterocycles. The second kappa shape index (κ2) is 5.84. The second-order valence-electron chi connectivity index (χ2n) is 4.64. The zero-order valence-corrected chi connectivity index (χ0v) is 13.0. The van der Waals surface area contributed by atoms with Crippen LogP contribution in [-0.2, 0) is 5.88 Å². The summed E-state index contributed by atoms with van der Waals surface area (Å²) in [7, 11) is 0. The van der Waals surface area contributed by atoms with Gasteiger partial charge in [-0.05, 0) is 24.6 Å². The van der Waals surface area contributed by atoms with Gasteiger partial charge in [0, 0.05) is 11.6 Å². The molecule has 1 atom stereocenters. The summed E-state index contributed by atoms with van der Waals surface area (Å²) in [4.78, 5) is 9.01. The fraction of sp³-hybridized carbons (Fsp3) is 0.267. The van der Waals surface area contributed by atoms with E-state index in [2.05, 4.69) is 27.5 Å². The molecule has 106 valence electrons. The lowest BCUT2D eigenvalue weighted by Gasteiger charge is -2.17. The Morgan fingerprint density at radius 2 is 2.33 bits per heavy atom. The minimum absolute atomic E-state index is 0.0951. The van der Waals surface area contributed by atoms with E-state index in [-0.39, 0.29) is 6.04 Å². The highest BCUT2D eigenvalue weighted by molar-refractivity contribution is 7.09. The van der Waals surface area contributed by atoms with Crippen molar-refractivity contribution in [1.29, 1.82) is 5.26 Å². The van der Waals surface area contributed by atoms with Crippen molar-refractivity contribution in [1.82, 2.24) is 14.5 Å². The summed E-state index contributed by atoms with van der Waals surface area (Å²) in [5.41, 5.74) is 2.42. The van der Waals surface area contributed by atoms with Crippen LogP contribution >= 0.6 is 22.9 Å². The Morgan fingerprint density at radius 3 is 2.95 bits per heavy atom. The van der Waals surface area contributed by atoms with Crippen LogP contribution in [0.5, 0.6) is 0 Å². The van der Waals surface area contributed by atoms with Crippen LogP contribution in [0.4, 0.5) is 0 Å². The number of halogens is 1. The molecule has 1 aromatic carbocycles. The van der Waals surface area contributed by atoms with Gasteiger partial charge in [0.15, 0.2) is 0 Å².